The van der Waals surface area contributed by atoms with Crippen LogP contribution in [-0.2, 0) is 35.7 Å². The van der Waals surface area contributed by atoms with Gasteiger partial charge in [-0.15, -0.1) is 0 Å². The standard InChI is InChI=1S/C25H31NO10/c1-5-26(4)17-10-13-6-7-14(27)20-19(13)24(3)21(36-20)16(8-9-25(17,24)33)35-23(32)15(28)11-18(29)34-12(2)22(30)31/h6-8,12,15,17,21,27-28,33H,5,9-11H2,1-4H3,(H,30,31)/t12-,15-,17+,21-,24-,25+/m0/s1. The molecular weight excluding hydrogens is 474 g/mol. The van der Waals surface area contributed by atoms with Gasteiger partial charge in [0.05, 0.1) is 17.4 Å². The molecule has 0 radical (unpaired) electrons. The molecule has 0 unspecified atom stereocenters. The third kappa shape index (κ3) is 3.82. The van der Waals surface area contributed by atoms with Crippen molar-refractivity contribution in [3.05, 3.63) is 35.1 Å². The van der Waals surface area contributed by atoms with Crippen LogP contribution in [0.2, 0.25) is 0 Å². The number of likely N-dealkylation sites (N-methyl/N-ethyl adjacent to an activating group) is 1. The highest BCUT2D eigenvalue weighted by Crippen LogP contribution is 2.62. The smallest absolute Gasteiger partial charge is 0.344 e. The molecule has 11 nitrogen and oxygen atoms in total. The van der Waals surface area contributed by atoms with Gasteiger partial charge in [0.25, 0.3) is 0 Å². The number of ether oxygens (including phenoxy) is 3. The molecule has 4 rings (SSSR count). The summed E-state index contributed by atoms with van der Waals surface area (Å²) in [5.74, 6) is -3.45. The Kier molecular flexibility index (Phi) is 6.52. The number of benzene rings is 1. The summed E-state index contributed by atoms with van der Waals surface area (Å²) < 4.78 is 16.2. The van der Waals surface area contributed by atoms with E-state index in [0.717, 1.165) is 12.5 Å². The predicted molar refractivity (Wildman–Crippen MR) is 123 cm³/mol. The van der Waals surface area contributed by atoms with Gasteiger partial charge in [-0.3, -0.25) is 4.79 Å². The molecule has 0 bridgehead atoms. The van der Waals surface area contributed by atoms with Crippen LogP contribution in [-0.4, -0.2) is 86.8 Å². The highest BCUT2D eigenvalue weighted by atomic mass is 16.6. The van der Waals surface area contributed by atoms with Gasteiger partial charge >= 0.3 is 17.9 Å². The fourth-order valence-corrected chi connectivity index (χ4v) is 5.62. The summed E-state index contributed by atoms with van der Waals surface area (Å²) in [7, 11) is 1.92. The van der Waals surface area contributed by atoms with Crippen molar-refractivity contribution >= 4 is 17.9 Å². The summed E-state index contributed by atoms with van der Waals surface area (Å²) in [6.45, 7) is 5.63. The Labute approximate surface area is 207 Å². The number of esters is 2. The molecule has 0 saturated heterocycles. The van der Waals surface area contributed by atoms with Gasteiger partial charge in [-0.05, 0) is 51.6 Å². The highest BCUT2D eigenvalue weighted by Gasteiger charge is 2.68. The first-order valence-corrected chi connectivity index (χ1v) is 11.8. The molecule has 196 valence electrons. The van der Waals surface area contributed by atoms with E-state index in [1.165, 1.54) is 12.1 Å². The third-order valence-electron chi connectivity index (χ3n) is 7.78. The summed E-state index contributed by atoms with van der Waals surface area (Å²) in [4.78, 5) is 37.4. The Morgan fingerprint density at radius 3 is 2.64 bits per heavy atom. The monoisotopic (exact) mass is 505 g/mol. The lowest BCUT2D eigenvalue weighted by atomic mass is 9.54. The second-order valence-electron chi connectivity index (χ2n) is 9.79. The molecule has 1 aromatic carbocycles. The molecule has 3 aliphatic rings. The van der Waals surface area contributed by atoms with Gasteiger partial charge in [0.2, 0.25) is 0 Å². The number of hydrogen-bond acceptors (Lipinski definition) is 10. The molecule has 11 heteroatoms. The van der Waals surface area contributed by atoms with Crippen LogP contribution >= 0.6 is 0 Å². The number of aromatic hydroxyl groups is 1. The number of phenols is 1. The summed E-state index contributed by atoms with van der Waals surface area (Å²) in [5.41, 5.74) is -0.844. The lowest BCUT2D eigenvalue weighted by Crippen LogP contribution is -2.69. The molecule has 4 N–H and O–H groups in total. The highest BCUT2D eigenvalue weighted by molar-refractivity contribution is 5.84. The summed E-state index contributed by atoms with van der Waals surface area (Å²) in [6.07, 6.45) is -2.95. The van der Waals surface area contributed by atoms with Crippen LogP contribution in [0.5, 0.6) is 11.5 Å². The molecule has 0 spiro atoms. The van der Waals surface area contributed by atoms with Gasteiger partial charge in [-0.1, -0.05) is 13.0 Å². The second-order valence-corrected chi connectivity index (χ2v) is 9.79. The summed E-state index contributed by atoms with van der Waals surface area (Å²) in [6, 6.07) is 3.05. The Bertz CT molecular complexity index is 1130. The number of carboxylic acids is 1. The molecule has 1 aliphatic heterocycles. The van der Waals surface area contributed by atoms with E-state index in [1.54, 1.807) is 6.07 Å². The van der Waals surface area contributed by atoms with Gasteiger partial charge in [-0.25, -0.2) is 9.59 Å². The number of rotatable bonds is 8. The van der Waals surface area contributed by atoms with Crippen LogP contribution in [0, 0.1) is 0 Å². The van der Waals surface area contributed by atoms with Gasteiger partial charge in [0.1, 0.15) is 5.76 Å². The summed E-state index contributed by atoms with van der Waals surface area (Å²) in [5, 5.41) is 41.7. The largest absolute Gasteiger partial charge is 0.504 e. The molecule has 0 aromatic heterocycles. The minimum Gasteiger partial charge on any atom is -0.504 e. The van der Waals surface area contributed by atoms with Crippen molar-refractivity contribution in [2.75, 3.05) is 13.6 Å². The average molecular weight is 506 g/mol. The van der Waals surface area contributed by atoms with E-state index in [9.17, 15) is 29.7 Å². The van der Waals surface area contributed by atoms with E-state index in [2.05, 4.69) is 9.64 Å². The van der Waals surface area contributed by atoms with Gasteiger partial charge in [0.15, 0.2) is 29.8 Å². The molecule has 0 fully saturated rings. The van der Waals surface area contributed by atoms with Crippen LogP contribution in [0.1, 0.15) is 44.7 Å². The summed E-state index contributed by atoms with van der Waals surface area (Å²) >= 11 is 0. The Morgan fingerprint density at radius 1 is 1.31 bits per heavy atom. The minimum absolute atomic E-state index is 0.0415. The maximum absolute atomic E-state index is 12.6. The number of aliphatic hydroxyl groups is 2. The van der Waals surface area contributed by atoms with Crippen LogP contribution in [0.15, 0.2) is 24.0 Å². The third-order valence-corrected chi connectivity index (χ3v) is 7.78. The topological polar surface area (TPSA) is 163 Å². The normalized spacial score (nSPS) is 29.5. The molecule has 6 atom stereocenters. The van der Waals surface area contributed by atoms with Crippen LogP contribution < -0.4 is 4.74 Å². The first-order valence-electron chi connectivity index (χ1n) is 11.8. The fourth-order valence-electron chi connectivity index (χ4n) is 5.62. The van der Waals surface area contributed by atoms with Gasteiger partial charge < -0.3 is 39.5 Å². The number of aliphatic hydroxyl groups excluding tert-OH is 1. The number of hydrogen-bond donors (Lipinski definition) is 4. The Morgan fingerprint density at radius 2 is 2.00 bits per heavy atom. The number of carbonyl (C=O) groups is 3. The number of phenolic OH excluding ortho intramolecular Hbond substituents is 1. The van der Waals surface area contributed by atoms with E-state index >= 15 is 0 Å². The average Bonchev–Trinajstić information content (AvgIpc) is 3.15. The molecule has 0 amide bonds. The number of nitrogens with zero attached hydrogens (tertiary/aromatic N) is 1. The predicted octanol–water partition coefficient (Wildman–Crippen LogP) is 0.616. The molecule has 0 saturated carbocycles. The van der Waals surface area contributed by atoms with Crippen LogP contribution in [0.3, 0.4) is 0 Å². The Hall–Kier alpha value is -3.15. The van der Waals surface area contributed by atoms with E-state index in [0.29, 0.717) is 18.5 Å². The SMILES string of the molecule is CCN(C)[C@@H]1Cc2ccc(O)c3c2[C@@]2(C)[C@@H](O3)C(OC(=O)[C@@H](O)CC(=O)O[C@@H](C)C(=O)O)=CC[C@@]12O. The molecular formula is C25H31NO10. The first kappa shape index (κ1) is 25.9. The zero-order chi connectivity index (χ0) is 26.6. The Balaban J connectivity index is 1.62. The quantitative estimate of drug-likeness (QED) is 0.366. The molecule has 1 heterocycles. The van der Waals surface area contributed by atoms with Crippen molar-refractivity contribution in [3.8, 4) is 11.5 Å². The zero-order valence-electron chi connectivity index (χ0n) is 20.6. The van der Waals surface area contributed by atoms with Crippen LogP contribution in [0.25, 0.3) is 0 Å². The van der Waals surface area contributed by atoms with Crippen LogP contribution in [0.4, 0.5) is 0 Å². The van der Waals surface area contributed by atoms with E-state index in [4.69, 9.17) is 14.6 Å². The second kappa shape index (κ2) is 9.06. The number of carboxylic acid groups (broad SMARTS) is 1. The molecule has 36 heavy (non-hydrogen) atoms. The fraction of sp³-hybridized carbons (Fsp3) is 0.560. The molecule has 1 aromatic rings. The maximum Gasteiger partial charge on any atom is 0.344 e. The first-order chi connectivity index (χ1) is 16.8. The van der Waals surface area contributed by atoms with Crippen molar-refractivity contribution in [2.45, 2.75) is 75.4 Å². The lowest BCUT2D eigenvalue weighted by Gasteiger charge is -2.56. The van der Waals surface area contributed by atoms with E-state index < -0.39 is 53.7 Å². The van der Waals surface area contributed by atoms with E-state index in [1.807, 2.05) is 20.9 Å². The van der Waals surface area contributed by atoms with Crippen molar-refractivity contribution in [1.82, 2.24) is 4.90 Å². The van der Waals surface area contributed by atoms with Gasteiger partial charge in [-0.2, -0.15) is 0 Å². The van der Waals surface area contributed by atoms with Crippen molar-refractivity contribution in [1.29, 1.82) is 0 Å². The van der Waals surface area contributed by atoms with Crippen molar-refractivity contribution < 1.29 is 49.0 Å². The number of carbonyl (C=O) groups excluding carboxylic acids is 2. The lowest BCUT2D eigenvalue weighted by molar-refractivity contribution is -0.168. The van der Waals surface area contributed by atoms with Crippen molar-refractivity contribution in [2.24, 2.45) is 0 Å². The van der Waals surface area contributed by atoms with Crippen molar-refractivity contribution in [3.63, 3.8) is 0 Å². The molecule has 2 aliphatic carbocycles. The minimum atomic E-state index is -1.91. The van der Waals surface area contributed by atoms with E-state index in [-0.39, 0.29) is 29.7 Å². The van der Waals surface area contributed by atoms with Gasteiger partial charge in [0, 0.05) is 18.0 Å². The number of aliphatic carboxylic acids is 1. The maximum atomic E-state index is 12.6. The zero-order valence-corrected chi connectivity index (χ0v) is 20.6.